The third-order valence-corrected chi connectivity index (χ3v) is 5.04. The number of rotatable bonds is 9. The first-order valence-corrected chi connectivity index (χ1v) is 10.0. The van der Waals surface area contributed by atoms with Crippen LogP contribution in [-0.2, 0) is 22.6 Å². The molecule has 0 unspecified atom stereocenters. The third-order valence-electron chi connectivity index (χ3n) is 5.04. The van der Waals surface area contributed by atoms with Crippen molar-refractivity contribution >= 4 is 11.8 Å². The van der Waals surface area contributed by atoms with Crippen molar-refractivity contribution in [3.05, 3.63) is 65.7 Å². The number of hydrogen-bond acceptors (Lipinski definition) is 3. The number of hydrogen-bond donors (Lipinski definition) is 1. The van der Waals surface area contributed by atoms with E-state index in [1.54, 1.807) is 25.9 Å². The summed E-state index contributed by atoms with van der Waals surface area (Å²) in [4.78, 5) is 27.8. The van der Waals surface area contributed by atoms with Gasteiger partial charge in [-0.1, -0.05) is 42.5 Å². The van der Waals surface area contributed by atoms with Gasteiger partial charge in [-0.05, 0) is 57.4 Å². The topological polar surface area (TPSA) is 58.6 Å². The average Bonchev–Trinajstić information content (AvgIpc) is 2.72. The van der Waals surface area contributed by atoms with E-state index in [1.165, 1.54) is 0 Å². The molecule has 29 heavy (non-hydrogen) atoms. The van der Waals surface area contributed by atoms with Crippen LogP contribution in [0.15, 0.2) is 54.6 Å². The van der Waals surface area contributed by atoms with Gasteiger partial charge in [0.1, 0.15) is 11.2 Å². The van der Waals surface area contributed by atoms with Gasteiger partial charge >= 0.3 is 0 Å². The van der Waals surface area contributed by atoms with Gasteiger partial charge in [0.05, 0.1) is 7.11 Å². The molecule has 0 spiro atoms. The summed E-state index contributed by atoms with van der Waals surface area (Å²) in [6.45, 7) is 8.29. The minimum Gasteiger partial charge on any atom is -0.497 e. The molecule has 0 aromatic heterocycles. The predicted molar refractivity (Wildman–Crippen MR) is 116 cm³/mol. The number of nitrogens with one attached hydrogen (secondary N) is 1. The third kappa shape index (κ3) is 6.08. The van der Waals surface area contributed by atoms with Gasteiger partial charge in [-0.25, -0.2) is 0 Å². The number of nitrogens with zero attached hydrogens (tertiary/aromatic N) is 1. The zero-order chi connectivity index (χ0) is 21.4. The number of amides is 2. The Morgan fingerprint density at radius 3 is 2.17 bits per heavy atom. The van der Waals surface area contributed by atoms with Crippen molar-refractivity contribution < 1.29 is 14.3 Å². The summed E-state index contributed by atoms with van der Waals surface area (Å²) in [6.07, 6.45) is 0.692. The van der Waals surface area contributed by atoms with Crippen molar-refractivity contribution in [2.24, 2.45) is 5.41 Å². The van der Waals surface area contributed by atoms with Crippen LogP contribution in [0.3, 0.4) is 0 Å². The second kappa shape index (κ2) is 10.1. The van der Waals surface area contributed by atoms with E-state index in [1.807, 2.05) is 68.4 Å². The lowest BCUT2D eigenvalue weighted by Gasteiger charge is -2.34. The van der Waals surface area contributed by atoms with Gasteiger partial charge in [0.15, 0.2) is 0 Å². The van der Waals surface area contributed by atoms with Crippen LogP contribution < -0.4 is 10.1 Å². The number of ether oxygens (including phenoxy) is 1. The van der Waals surface area contributed by atoms with Crippen LogP contribution in [0.1, 0.15) is 38.8 Å². The van der Waals surface area contributed by atoms with E-state index in [0.29, 0.717) is 19.5 Å². The lowest BCUT2D eigenvalue weighted by Crippen LogP contribution is -2.51. The summed E-state index contributed by atoms with van der Waals surface area (Å²) in [6, 6.07) is 17.6. The number of methoxy groups -OCH3 is 1. The minimum absolute atomic E-state index is 0.00548. The molecule has 0 radical (unpaired) electrons. The van der Waals surface area contributed by atoms with E-state index in [9.17, 15) is 9.59 Å². The maximum absolute atomic E-state index is 13.2. The summed E-state index contributed by atoms with van der Waals surface area (Å²) < 4.78 is 5.16. The van der Waals surface area contributed by atoms with Gasteiger partial charge in [-0.3, -0.25) is 9.59 Å². The molecule has 0 atom stereocenters. The molecular formula is C24H32N2O3. The number of carbonyl (C=O) groups excluding carboxylic acids is 2. The summed E-state index contributed by atoms with van der Waals surface area (Å²) in [5.74, 6) is 0.379. The molecule has 5 nitrogen and oxygen atoms in total. The first-order valence-electron chi connectivity index (χ1n) is 10.0. The Morgan fingerprint density at radius 1 is 1.00 bits per heavy atom. The Kier molecular flexibility index (Phi) is 7.82. The van der Waals surface area contributed by atoms with Gasteiger partial charge < -0.3 is 15.0 Å². The first kappa shape index (κ1) is 22.5. The van der Waals surface area contributed by atoms with Crippen molar-refractivity contribution in [1.29, 1.82) is 0 Å². The summed E-state index contributed by atoms with van der Waals surface area (Å²) >= 11 is 0. The largest absolute Gasteiger partial charge is 0.497 e. The fraction of sp³-hybridized carbons (Fsp3) is 0.417. The van der Waals surface area contributed by atoms with E-state index in [0.717, 1.165) is 16.9 Å². The SMILES string of the molecule is COc1ccc(CCNC(=O)C(C)(C)C(=O)N(Cc2ccccc2)C(C)C)cc1. The quantitative estimate of drug-likeness (QED) is 0.656. The van der Waals surface area contributed by atoms with Crippen molar-refractivity contribution in [2.75, 3.05) is 13.7 Å². The molecule has 0 saturated carbocycles. The Balaban J connectivity index is 1.98. The van der Waals surface area contributed by atoms with Crippen LogP contribution in [0.2, 0.25) is 0 Å². The second-order valence-corrected chi connectivity index (χ2v) is 7.99. The highest BCUT2D eigenvalue weighted by Gasteiger charge is 2.39. The van der Waals surface area contributed by atoms with Crippen LogP contribution in [0.4, 0.5) is 0 Å². The molecule has 0 bridgehead atoms. The Labute approximate surface area is 174 Å². The Bertz CT molecular complexity index is 799. The van der Waals surface area contributed by atoms with Crippen LogP contribution in [0.5, 0.6) is 5.75 Å². The smallest absolute Gasteiger partial charge is 0.238 e. The molecule has 0 fully saturated rings. The van der Waals surface area contributed by atoms with Gasteiger partial charge in [-0.15, -0.1) is 0 Å². The predicted octanol–water partition coefficient (Wildman–Crippen LogP) is 3.82. The molecule has 5 heteroatoms. The second-order valence-electron chi connectivity index (χ2n) is 7.99. The summed E-state index contributed by atoms with van der Waals surface area (Å²) in [5.41, 5.74) is 1.01. The van der Waals surface area contributed by atoms with Crippen molar-refractivity contribution in [1.82, 2.24) is 10.2 Å². The Hall–Kier alpha value is -2.82. The number of carbonyl (C=O) groups is 2. The van der Waals surface area contributed by atoms with Crippen LogP contribution in [-0.4, -0.2) is 36.4 Å². The molecule has 2 amide bonds. The van der Waals surface area contributed by atoms with E-state index in [4.69, 9.17) is 4.74 Å². The van der Waals surface area contributed by atoms with Crippen LogP contribution >= 0.6 is 0 Å². The molecule has 156 valence electrons. The molecule has 1 N–H and O–H groups in total. The van der Waals surface area contributed by atoms with Crippen molar-refractivity contribution in [3.63, 3.8) is 0 Å². The summed E-state index contributed by atoms with van der Waals surface area (Å²) in [7, 11) is 1.63. The number of benzene rings is 2. The molecule has 0 saturated heterocycles. The van der Waals surface area contributed by atoms with Gasteiger partial charge in [0.2, 0.25) is 11.8 Å². The highest BCUT2D eigenvalue weighted by atomic mass is 16.5. The zero-order valence-electron chi connectivity index (χ0n) is 18.1. The molecule has 2 aromatic carbocycles. The van der Waals surface area contributed by atoms with E-state index < -0.39 is 5.41 Å². The molecule has 2 aromatic rings. The first-order chi connectivity index (χ1) is 13.8. The normalized spacial score (nSPS) is 11.2. The molecule has 0 aliphatic carbocycles. The average molecular weight is 397 g/mol. The standard InChI is InChI=1S/C24H32N2O3/c1-18(2)26(17-20-9-7-6-8-10-20)23(28)24(3,4)22(27)25-16-15-19-11-13-21(29-5)14-12-19/h6-14,18H,15-17H2,1-5H3,(H,25,27). The highest BCUT2D eigenvalue weighted by Crippen LogP contribution is 2.23. The molecular weight excluding hydrogens is 364 g/mol. The summed E-state index contributed by atoms with van der Waals surface area (Å²) in [5, 5.41) is 2.92. The van der Waals surface area contributed by atoms with Gasteiger partial charge in [0, 0.05) is 19.1 Å². The molecule has 0 heterocycles. The van der Waals surface area contributed by atoms with E-state index in [-0.39, 0.29) is 17.9 Å². The van der Waals surface area contributed by atoms with E-state index >= 15 is 0 Å². The highest BCUT2D eigenvalue weighted by molar-refractivity contribution is 6.04. The Morgan fingerprint density at radius 2 is 1.62 bits per heavy atom. The fourth-order valence-corrected chi connectivity index (χ4v) is 3.06. The monoisotopic (exact) mass is 396 g/mol. The lowest BCUT2D eigenvalue weighted by atomic mass is 9.89. The van der Waals surface area contributed by atoms with Crippen molar-refractivity contribution in [2.45, 2.75) is 46.7 Å². The van der Waals surface area contributed by atoms with Gasteiger partial charge in [0.25, 0.3) is 0 Å². The molecule has 0 aliphatic rings. The van der Waals surface area contributed by atoms with Crippen molar-refractivity contribution in [3.8, 4) is 5.75 Å². The molecule has 2 rings (SSSR count). The fourth-order valence-electron chi connectivity index (χ4n) is 3.06. The zero-order valence-corrected chi connectivity index (χ0v) is 18.1. The molecule has 0 aliphatic heterocycles. The maximum Gasteiger partial charge on any atom is 0.238 e. The van der Waals surface area contributed by atoms with Crippen LogP contribution in [0.25, 0.3) is 0 Å². The lowest BCUT2D eigenvalue weighted by molar-refractivity contribution is -0.150. The van der Waals surface area contributed by atoms with Gasteiger partial charge in [-0.2, -0.15) is 0 Å². The maximum atomic E-state index is 13.2. The van der Waals surface area contributed by atoms with E-state index in [2.05, 4.69) is 5.32 Å². The van der Waals surface area contributed by atoms with Crippen LogP contribution in [0, 0.1) is 5.41 Å². The minimum atomic E-state index is -1.14.